The molecule has 0 aliphatic heterocycles. The summed E-state index contributed by atoms with van der Waals surface area (Å²) in [5.74, 6) is 0.198. The SMILES string of the molecule is CCCCNC(=O)Cn1ccc(C(O)C(C)C)c1. The third-order valence-corrected chi connectivity index (χ3v) is 2.93. The van der Waals surface area contributed by atoms with E-state index in [4.69, 9.17) is 0 Å². The van der Waals surface area contributed by atoms with Crippen LogP contribution in [0, 0.1) is 5.92 Å². The number of aromatic nitrogens is 1. The summed E-state index contributed by atoms with van der Waals surface area (Å²) in [6.45, 7) is 7.09. The first-order valence-corrected chi connectivity index (χ1v) is 6.65. The molecule has 0 bridgehead atoms. The molecule has 102 valence electrons. The molecule has 1 atom stereocenters. The van der Waals surface area contributed by atoms with Crippen LogP contribution in [0.2, 0.25) is 0 Å². The fraction of sp³-hybridized carbons (Fsp3) is 0.643. The summed E-state index contributed by atoms with van der Waals surface area (Å²) in [6.07, 6.45) is 5.29. The predicted molar refractivity (Wildman–Crippen MR) is 72.1 cm³/mol. The van der Waals surface area contributed by atoms with Crippen molar-refractivity contribution in [1.29, 1.82) is 0 Å². The van der Waals surface area contributed by atoms with Crippen LogP contribution >= 0.6 is 0 Å². The van der Waals surface area contributed by atoms with E-state index in [2.05, 4.69) is 12.2 Å². The van der Waals surface area contributed by atoms with Gasteiger partial charge < -0.3 is 15.0 Å². The first-order valence-electron chi connectivity index (χ1n) is 6.65. The molecule has 4 heteroatoms. The van der Waals surface area contributed by atoms with Crippen molar-refractivity contribution in [2.45, 2.75) is 46.3 Å². The number of carbonyl (C=O) groups excluding carboxylic acids is 1. The molecular weight excluding hydrogens is 228 g/mol. The van der Waals surface area contributed by atoms with Gasteiger partial charge in [-0.1, -0.05) is 27.2 Å². The van der Waals surface area contributed by atoms with Crippen molar-refractivity contribution in [3.63, 3.8) is 0 Å². The second-order valence-electron chi connectivity index (χ2n) is 5.01. The van der Waals surface area contributed by atoms with E-state index < -0.39 is 6.10 Å². The lowest BCUT2D eigenvalue weighted by molar-refractivity contribution is -0.121. The van der Waals surface area contributed by atoms with Crippen molar-refractivity contribution in [3.05, 3.63) is 24.0 Å². The quantitative estimate of drug-likeness (QED) is 0.730. The van der Waals surface area contributed by atoms with Crippen LogP contribution in [0.4, 0.5) is 0 Å². The highest BCUT2D eigenvalue weighted by atomic mass is 16.3. The Labute approximate surface area is 109 Å². The monoisotopic (exact) mass is 252 g/mol. The van der Waals surface area contributed by atoms with Crippen LogP contribution in [0.1, 0.15) is 45.3 Å². The molecule has 4 nitrogen and oxygen atoms in total. The van der Waals surface area contributed by atoms with E-state index in [0.29, 0.717) is 6.54 Å². The lowest BCUT2D eigenvalue weighted by Crippen LogP contribution is -2.27. The van der Waals surface area contributed by atoms with Crippen LogP contribution in [0.25, 0.3) is 0 Å². The van der Waals surface area contributed by atoms with Gasteiger partial charge in [0.15, 0.2) is 0 Å². The van der Waals surface area contributed by atoms with Crippen molar-refractivity contribution in [2.75, 3.05) is 6.54 Å². The minimum absolute atomic E-state index is 0.0182. The molecule has 0 spiro atoms. The second kappa shape index (κ2) is 7.21. The largest absolute Gasteiger partial charge is 0.388 e. The maximum atomic E-state index is 11.6. The molecule has 1 heterocycles. The molecule has 1 rings (SSSR count). The van der Waals surface area contributed by atoms with Gasteiger partial charge in [0.25, 0.3) is 0 Å². The van der Waals surface area contributed by atoms with Crippen molar-refractivity contribution in [1.82, 2.24) is 9.88 Å². The summed E-state index contributed by atoms with van der Waals surface area (Å²) in [5, 5.41) is 12.8. The first-order chi connectivity index (χ1) is 8.54. The molecule has 2 N–H and O–H groups in total. The molecular formula is C14H24N2O2. The summed E-state index contributed by atoms with van der Waals surface area (Å²) in [4.78, 5) is 11.6. The lowest BCUT2D eigenvalue weighted by atomic mass is 10.0. The van der Waals surface area contributed by atoms with E-state index >= 15 is 0 Å². The minimum Gasteiger partial charge on any atom is -0.388 e. The van der Waals surface area contributed by atoms with Crippen molar-refractivity contribution < 1.29 is 9.90 Å². The van der Waals surface area contributed by atoms with E-state index in [9.17, 15) is 9.90 Å². The fourth-order valence-electron chi connectivity index (χ4n) is 1.74. The number of amides is 1. The van der Waals surface area contributed by atoms with Gasteiger partial charge in [-0.15, -0.1) is 0 Å². The van der Waals surface area contributed by atoms with Crippen molar-refractivity contribution in [3.8, 4) is 0 Å². The Morgan fingerprint density at radius 2 is 2.22 bits per heavy atom. The Balaban J connectivity index is 2.46. The first kappa shape index (κ1) is 14.8. The molecule has 18 heavy (non-hydrogen) atoms. The minimum atomic E-state index is -0.464. The number of hydrogen-bond acceptors (Lipinski definition) is 2. The molecule has 1 amide bonds. The zero-order chi connectivity index (χ0) is 13.5. The third kappa shape index (κ3) is 4.53. The highest BCUT2D eigenvalue weighted by Crippen LogP contribution is 2.21. The summed E-state index contributed by atoms with van der Waals surface area (Å²) < 4.78 is 1.81. The molecule has 0 saturated carbocycles. The maximum Gasteiger partial charge on any atom is 0.239 e. The predicted octanol–water partition coefficient (Wildman–Crippen LogP) is 2.09. The summed E-state index contributed by atoms with van der Waals surface area (Å²) in [7, 11) is 0. The summed E-state index contributed by atoms with van der Waals surface area (Å²) in [6, 6.07) is 1.87. The number of hydrogen-bond donors (Lipinski definition) is 2. The molecule has 1 aromatic rings. The van der Waals surface area contributed by atoms with Gasteiger partial charge in [-0.2, -0.15) is 0 Å². The zero-order valence-electron chi connectivity index (χ0n) is 11.5. The Bertz CT molecular complexity index is 372. The Kier molecular flexibility index (Phi) is 5.92. The van der Waals surface area contributed by atoms with E-state index in [1.54, 1.807) is 0 Å². The molecule has 1 unspecified atom stereocenters. The van der Waals surface area contributed by atoms with Gasteiger partial charge in [0.2, 0.25) is 5.91 Å². The zero-order valence-corrected chi connectivity index (χ0v) is 11.5. The second-order valence-corrected chi connectivity index (χ2v) is 5.01. The average Bonchev–Trinajstić information content (AvgIpc) is 2.76. The smallest absolute Gasteiger partial charge is 0.239 e. The molecule has 0 aromatic carbocycles. The molecule has 1 aromatic heterocycles. The van der Waals surface area contributed by atoms with E-state index in [-0.39, 0.29) is 11.8 Å². The number of aliphatic hydroxyl groups excluding tert-OH is 1. The number of rotatable bonds is 7. The van der Waals surface area contributed by atoms with Gasteiger partial charge in [0.1, 0.15) is 6.54 Å². The van der Waals surface area contributed by atoms with Crippen LogP contribution in [-0.2, 0) is 11.3 Å². The van der Waals surface area contributed by atoms with Crippen molar-refractivity contribution in [2.24, 2.45) is 5.92 Å². The summed E-state index contributed by atoms with van der Waals surface area (Å²) in [5.41, 5.74) is 0.867. The van der Waals surface area contributed by atoms with Crippen LogP contribution in [-0.4, -0.2) is 22.1 Å². The van der Waals surface area contributed by atoms with Gasteiger partial charge in [-0.3, -0.25) is 4.79 Å². The number of aliphatic hydroxyl groups is 1. The Morgan fingerprint density at radius 3 is 2.83 bits per heavy atom. The maximum absolute atomic E-state index is 11.6. The fourth-order valence-corrected chi connectivity index (χ4v) is 1.74. The number of nitrogens with zero attached hydrogens (tertiary/aromatic N) is 1. The highest BCUT2D eigenvalue weighted by molar-refractivity contribution is 5.75. The lowest BCUT2D eigenvalue weighted by Gasteiger charge is -2.12. The Morgan fingerprint density at radius 1 is 1.50 bits per heavy atom. The number of nitrogens with one attached hydrogen (secondary N) is 1. The standard InChI is InChI=1S/C14H24N2O2/c1-4-5-7-15-13(17)10-16-8-6-12(9-16)14(18)11(2)3/h6,8-9,11,14,18H,4-5,7,10H2,1-3H3,(H,15,17). The molecule has 0 aliphatic carbocycles. The van der Waals surface area contributed by atoms with Crippen LogP contribution in [0.3, 0.4) is 0 Å². The summed E-state index contributed by atoms with van der Waals surface area (Å²) >= 11 is 0. The van der Waals surface area contributed by atoms with Crippen molar-refractivity contribution >= 4 is 5.91 Å². The van der Waals surface area contributed by atoms with Gasteiger partial charge in [0, 0.05) is 18.9 Å². The molecule has 0 aliphatic rings. The van der Waals surface area contributed by atoms with E-state index in [1.165, 1.54) is 0 Å². The van der Waals surface area contributed by atoms with Gasteiger partial charge in [-0.25, -0.2) is 0 Å². The van der Waals surface area contributed by atoms with Crippen LogP contribution in [0.5, 0.6) is 0 Å². The van der Waals surface area contributed by atoms with Crippen LogP contribution in [0.15, 0.2) is 18.5 Å². The molecule has 0 saturated heterocycles. The molecule has 0 fully saturated rings. The van der Waals surface area contributed by atoms with E-state index in [1.807, 2.05) is 36.9 Å². The average molecular weight is 252 g/mol. The van der Waals surface area contributed by atoms with Crippen LogP contribution < -0.4 is 5.32 Å². The normalized spacial score (nSPS) is 12.7. The van der Waals surface area contributed by atoms with Gasteiger partial charge in [-0.05, 0) is 24.0 Å². The number of carbonyl (C=O) groups is 1. The van der Waals surface area contributed by atoms with Gasteiger partial charge >= 0.3 is 0 Å². The highest BCUT2D eigenvalue weighted by Gasteiger charge is 2.13. The van der Waals surface area contributed by atoms with E-state index in [0.717, 1.165) is 24.9 Å². The number of unbranched alkanes of at least 4 members (excludes halogenated alkanes) is 1. The molecule has 0 radical (unpaired) electrons. The third-order valence-electron chi connectivity index (χ3n) is 2.93. The topological polar surface area (TPSA) is 54.3 Å². The Hall–Kier alpha value is -1.29. The van der Waals surface area contributed by atoms with Gasteiger partial charge in [0.05, 0.1) is 6.10 Å².